The van der Waals surface area contributed by atoms with Crippen LogP contribution in [0.25, 0.3) is 21.9 Å². The summed E-state index contributed by atoms with van der Waals surface area (Å²) in [7, 11) is 0. The van der Waals surface area contributed by atoms with Gasteiger partial charge in [0.05, 0.1) is 17.1 Å². The molecule has 3 heterocycles. The third kappa shape index (κ3) is 3.24. The lowest BCUT2D eigenvalue weighted by Crippen LogP contribution is -2.41. The maximum Gasteiger partial charge on any atom is 0.326 e. The van der Waals surface area contributed by atoms with Gasteiger partial charge in [-0.1, -0.05) is 12.1 Å². The van der Waals surface area contributed by atoms with Gasteiger partial charge in [0.15, 0.2) is 0 Å². The Hall–Kier alpha value is -2.90. The van der Waals surface area contributed by atoms with Crippen molar-refractivity contribution in [3.63, 3.8) is 0 Å². The van der Waals surface area contributed by atoms with Crippen molar-refractivity contribution in [1.82, 2.24) is 19.9 Å². The Kier molecular flexibility index (Phi) is 4.72. The number of aromatic amines is 2. The van der Waals surface area contributed by atoms with E-state index in [9.17, 15) is 14.3 Å². The smallest absolute Gasteiger partial charge is 0.326 e. The SMILES string of the molecule is CC(CCc1cc(F)cc2cc[nH]c12)N[C@@H]1CCn2c(=O)[nH]c3cccc(c32)[C@H]1O. The first-order valence-corrected chi connectivity index (χ1v) is 10.4. The molecule has 0 fully saturated rings. The Balaban J connectivity index is 1.32. The fourth-order valence-electron chi connectivity index (χ4n) is 4.74. The number of hydrogen-bond donors (Lipinski definition) is 4. The van der Waals surface area contributed by atoms with Crippen molar-refractivity contribution >= 4 is 21.9 Å². The summed E-state index contributed by atoms with van der Waals surface area (Å²) in [5.41, 5.74) is 4.11. The van der Waals surface area contributed by atoms with Crippen LogP contribution in [-0.2, 0) is 13.0 Å². The van der Waals surface area contributed by atoms with Crippen LogP contribution < -0.4 is 11.0 Å². The number of benzene rings is 2. The van der Waals surface area contributed by atoms with Crippen LogP contribution in [0.15, 0.2) is 47.4 Å². The first-order chi connectivity index (χ1) is 14.5. The van der Waals surface area contributed by atoms with E-state index >= 15 is 0 Å². The summed E-state index contributed by atoms with van der Waals surface area (Å²) in [6.07, 6.45) is 3.30. The van der Waals surface area contributed by atoms with Gasteiger partial charge in [-0.05, 0) is 56.0 Å². The number of nitrogens with zero attached hydrogens (tertiary/aromatic N) is 1. The van der Waals surface area contributed by atoms with Crippen LogP contribution in [0.5, 0.6) is 0 Å². The zero-order chi connectivity index (χ0) is 20.8. The predicted octanol–water partition coefficient (Wildman–Crippen LogP) is 3.37. The summed E-state index contributed by atoms with van der Waals surface area (Å²) in [4.78, 5) is 18.3. The molecular formula is C23H25FN4O2. The van der Waals surface area contributed by atoms with Gasteiger partial charge in [0, 0.05) is 41.3 Å². The van der Waals surface area contributed by atoms with E-state index < -0.39 is 6.10 Å². The number of hydrogen-bond acceptors (Lipinski definition) is 3. The van der Waals surface area contributed by atoms with Crippen molar-refractivity contribution < 1.29 is 9.50 Å². The fraction of sp³-hybridized carbons (Fsp3) is 0.348. The average Bonchev–Trinajstić information content (AvgIpc) is 3.28. The van der Waals surface area contributed by atoms with Crippen molar-refractivity contribution in [2.24, 2.45) is 0 Å². The molecule has 7 heteroatoms. The Morgan fingerprint density at radius 3 is 3.07 bits per heavy atom. The number of aromatic nitrogens is 3. The minimum atomic E-state index is -0.704. The molecule has 2 aromatic carbocycles. The van der Waals surface area contributed by atoms with Crippen LogP contribution >= 0.6 is 0 Å². The summed E-state index contributed by atoms with van der Waals surface area (Å²) in [6.45, 7) is 2.63. The normalized spacial score (nSPS) is 20.0. The molecule has 0 saturated heterocycles. The van der Waals surface area contributed by atoms with Crippen molar-refractivity contribution in [3.05, 3.63) is 70.0 Å². The molecule has 4 aromatic rings. The lowest BCUT2D eigenvalue weighted by molar-refractivity contribution is 0.119. The van der Waals surface area contributed by atoms with Crippen LogP contribution in [0.3, 0.4) is 0 Å². The molecule has 3 atom stereocenters. The quantitative estimate of drug-likeness (QED) is 0.408. The molecule has 1 aliphatic heterocycles. The van der Waals surface area contributed by atoms with Gasteiger partial charge in [0.1, 0.15) is 5.82 Å². The van der Waals surface area contributed by atoms with Gasteiger partial charge in [0.25, 0.3) is 0 Å². The number of H-pyrrole nitrogens is 2. The number of aliphatic hydroxyl groups excluding tert-OH is 1. The molecule has 2 aromatic heterocycles. The van der Waals surface area contributed by atoms with Gasteiger partial charge >= 0.3 is 5.69 Å². The number of imidazole rings is 1. The number of aryl methyl sites for hydroxylation is 2. The van der Waals surface area contributed by atoms with Gasteiger partial charge < -0.3 is 20.4 Å². The van der Waals surface area contributed by atoms with Gasteiger partial charge in [-0.2, -0.15) is 0 Å². The molecular weight excluding hydrogens is 383 g/mol. The highest BCUT2D eigenvalue weighted by molar-refractivity contribution is 5.82. The van der Waals surface area contributed by atoms with Gasteiger partial charge in [0.2, 0.25) is 0 Å². The highest BCUT2D eigenvalue weighted by atomic mass is 19.1. The summed E-state index contributed by atoms with van der Waals surface area (Å²) in [5.74, 6) is -0.225. The monoisotopic (exact) mass is 408 g/mol. The van der Waals surface area contributed by atoms with Crippen molar-refractivity contribution in [3.8, 4) is 0 Å². The first kappa shape index (κ1) is 19.1. The molecule has 1 unspecified atom stereocenters. The van der Waals surface area contributed by atoms with E-state index in [0.717, 1.165) is 45.9 Å². The summed E-state index contributed by atoms with van der Waals surface area (Å²) in [5, 5.41) is 15.5. The fourth-order valence-corrected chi connectivity index (χ4v) is 4.74. The third-order valence-electron chi connectivity index (χ3n) is 6.24. The highest BCUT2D eigenvalue weighted by Crippen LogP contribution is 2.30. The molecule has 0 aliphatic carbocycles. The van der Waals surface area contributed by atoms with Crippen LogP contribution in [0.1, 0.15) is 37.0 Å². The predicted molar refractivity (Wildman–Crippen MR) is 115 cm³/mol. The zero-order valence-corrected chi connectivity index (χ0v) is 16.8. The Morgan fingerprint density at radius 2 is 2.20 bits per heavy atom. The van der Waals surface area contributed by atoms with Gasteiger partial charge in [-0.3, -0.25) is 4.57 Å². The first-order valence-electron chi connectivity index (χ1n) is 10.4. The molecule has 6 nitrogen and oxygen atoms in total. The molecule has 5 rings (SSSR count). The van der Waals surface area contributed by atoms with Crippen molar-refractivity contribution in [1.29, 1.82) is 0 Å². The minimum Gasteiger partial charge on any atom is -0.387 e. The molecule has 0 bridgehead atoms. The maximum atomic E-state index is 13.9. The van der Waals surface area contributed by atoms with E-state index in [0.29, 0.717) is 13.0 Å². The average molecular weight is 408 g/mol. The highest BCUT2D eigenvalue weighted by Gasteiger charge is 2.29. The van der Waals surface area contributed by atoms with Crippen LogP contribution in [-0.4, -0.2) is 31.7 Å². The molecule has 4 N–H and O–H groups in total. The van der Waals surface area contributed by atoms with Crippen LogP contribution in [0.2, 0.25) is 0 Å². The number of rotatable bonds is 5. The van der Waals surface area contributed by atoms with E-state index in [1.807, 2.05) is 30.5 Å². The van der Waals surface area contributed by atoms with Crippen molar-refractivity contribution in [2.75, 3.05) is 0 Å². The third-order valence-corrected chi connectivity index (χ3v) is 6.24. The Morgan fingerprint density at radius 1 is 1.33 bits per heavy atom. The topological polar surface area (TPSA) is 85.8 Å². The lowest BCUT2D eigenvalue weighted by atomic mass is 9.98. The molecule has 1 aliphatic rings. The zero-order valence-electron chi connectivity index (χ0n) is 16.8. The number of fused-ring (bicyclic) bond motifs is 1. The molecule has 156 valence electrons. The Bertz CT molecular complexity index is 1270. The van der Waals surface area contributed by atoms with Crippen molar-refractivity contribution in [2.45, 2.75) is 50.9 Å². The van der Waals surface area contributed by atoms with Gasteiger partial charge in [-0.15, -0.1) is 0 Å². The largest absolute Gasteiger partial charge is 0.387 e. The second kappa shape index (κ2) is 7.41. The summed E-state index contributed by atoms with van der Waals surface area (Å²) >= 11 is 0. The van der Waals surface area contributed by atoms with E-state index in [2.05, 4.69) is 22.2 Å². The van der Waals surface area contributed by atoms with Crippen LogP contribution in [0.4, 0.5) is 4.39 Å². The molecule has 0 saturated carbocycles. The number of halogens is 1. The standard InChI is InChI=1S/C23H25FN4O2/c1-13(5-6-14-11-16(24)12-15-7-9-25-20(14)15)26-19-8-10-28-21-17(22(19)29)3-2-4-18(21)27-23(28)30/h2-4,7,9,11-13,19,22,25-26,29H,5-6,8,10H2,1H3,(H,27,30)/t13?,19-,22-/m1/s1. The maximum absolute atomic E-state index is 13.9. The molecule has 30 heavy (non-hydrogen) atoms. The molecule has 0 amide bonds. The second-order valence-electron chi connectivity index (χ2n) is 8.28. The lowest BCUT2D eigenvalue weighted by Gasteiger charge is -2.26. The summed E-state index contributed by atoms with van der Waals surface area (Å²) in [6, 6.07) is 10.6. The number of nitrogens with one attached hydrogen (secondary N) is 3. The van der Waals surface area contributed by atoms with Gasteiger partial charge in [-0.25, -0.2) is 9.18 Å². The number of aliphatic hydroxyl groups is 1. The minimum absolute atomic E-state index is 0.118. The van der Waals surface area contributed by atoms with E-state index in [1.165, 1.54) is 6.07 Å². The Labute approximate surface area is 172 Å². The molecule has 0 spiro atoms. The number of para-hydroxylation sites is 1. The van der Waals surface area contributed by atoms with Crippen LogP contribution in [0, 0.1) is 5.82 Å². The van der Waals surface area contributed by atoms with E-state index in [4.69, 9.17) is 0 Å². The second-order valence-corrected chi connectivity index (χ2v) is 8.28. The molecule has 0 radical (unpaired) electrons. The van der Waals surface area contributed by atoms with E-state index in [1.54, 1.807) is 10.6 Å². The van der Waals surface area contributed by atoms with E-state index in [-0.39, 0.29) is 23.6 Å². The summed E-state index contributed by atoms with van der Waals surface area (Å²) < 4.78 is 15.6.